The van der Waals surface area contributed by atoms with Gasteiger partial charge in [-0.25, -0.2) is 8.78 Å². The number of thioether (sulfide) groups is 1. The standard InChI is InChI=1S/C25H26F2N2S/c1-5-18(15-28-17(4)30-16(2)3)19-9-11-20(12-10-19)23-13-14-24(29-23)25-21(26)7-6-8-22(25)27/h5-12,15-16,23H,1,13-14H2,2-4H3/b18-15+,28-17?. The van der Waals surface area contributed by atoms with Crippen LogP contribution in [-0.4, -0.2) is 16.0 Å². The fraction of sp³-hybridized carbons (Fsp3) is 0.280. The average molecular weight is 425 g/mol. The van der Waals surface area contributed by atoms with Crippen molar-refractivity contribution in [2.75, 3.05) is 0 Å². The Morgan fingerprint density at radius 1 is 1.17 bits per heavy atom. The Bertz CT molecular complexity index is 984. The van der Waals surface area contributed by atoms with E-state index in [-0.39, 0.29) is 11.6 Å². The van der Waals surface area contributed by atoms with E-state index in [1.54, 1.807) is 17.8 Å². The number of allylic oxidation sites excluding steroid dienone is 2. The first-order valence-electron chi connectivity index (χ1n) is 10.0. The Morgan fingerprint density at radius 2 is 1.83 bits per heavy atom. The molecule has 1 atom stereocenters. The summed E-state index contributed by atoms with van der Waals surface area (Å²) in [5.41, 5.74) is 3.49. The van der Waals surface area contributed by atoms with Crippen molar-refractivity contribution in [3.8, 4) is 0 Å². The maximum Gasteiger partial charge on any atom is 0.135 e. The predicted octanol–water partition coefficient (Wildman–Crippen LogP) is 7.38. The molecule has 0 aliphatic carbocycles. The quantitative estimate of drug-likeness (QED) is 0.270. The summed E-state index contributed by atoms with van der Waals surface area (Å²) in [4.78, 5) is 9.13. The lowest BCUT2D eigenvalue weighted by Gasteiger charge is -2.09. The van der Waals surface area contributed by atoms with Gasteiger partial charge in [0.25, 0.3) is 0 Å². The van der Waals surface area contributed by atoms with Crippen LogP contribution in [0.1, 0.15) is 56.3 Å². The second kappa shape index (κ2) is 9.98. The minimum absolute atomic E-state index is 0.000922. The van der Waals surface area contributed by atoms with Crippen molar-refractivity contribution < 1.29 is 8.78 Å². The second-order valence-electron chi connectivity index (χ2n) is 7.45. The summed E-state index contributed by atoms with van der Waals surface area (Å²) in [6.45, 7) is 10.2. The Labute approximate surface area is 181 Å². The van der Waals surface area contributed by atoms with Crippen molar-refractivity contribution in [2.24, 2.45) is 9.98 Å². The van der Waals surface area contributed by atoms with Crippen LogP contribution in [0, 0.1) is 11.6 Å². The van der Waals surface area contributed by atoms with Gasteiger partial charge in [0.05, 0.1) is 16.6 Å². The lowest BCUT2D eigenvalue weighted by Crippen LogP contribution is -2.03. The molecule has 0 bridgehead atoms. The maximum absolute atomic E-state index is 14.1. The van der Waals surface area contributed by atoms with Crippen molar-refractivity contribution in [3.05, 3.63) is 89.6 Å². The molecule has 0 fully saturated rings. The first-order chi connectivity index (χ1) is 14.4. The number of hydrogen-bond acceptors (Lipinski definition) is 3. The van der Waals surface area contributed by atoms with E-state index in [0.29, 0.717) is 17.4 Å². The molecule has 30 heavy (non-hydrogen) atoms. The highest BCUT2D eigenvalue weighted by molar-refractivity contribution is 8.14. The zero-order valence-electron chi connectivity index (χ0n) is 17.5. The Morgan fingerprint density at radius 3 is 2.43 bits per heavy atom. The number of rotatable bonds is 6. The van der Waals surface area contributed by atoms with Gasteiger partial charge in [-0.05, 0) is 48.6 Å². The number of nitrogens with zero attached hydrogens (tertiary/aromatic N) is 2. The molecule has 0 amide bonds. The van der Waals surface area contributed by atoms with E-state index in [2.05, 4.69) is 30.4 Å². The lowest BCUT2D eigenvalue weighted by atomic mass is 9.99. The van der Waals surface area contributed by atoms with Gasteiger partial charge in [0.1, 0.15) is 11.6 Å². The highest BCUT2D eigenvalue weighted by Crippen LogP contribution is 2.33. The molecular formula is C25H26F2N2S. The largest absolute Gasteiger partial charge is 0.281 e. The molecule has 1 heterocycles. The summed E-state index contributed by atoms with van der Waals surface area (Å²) in [6.07, 6.45) is 4.92. The van der Waals surface area contributed by atoms with Gasteiger partial charge in [-0.1, -0.05) is 56.8 Å². The van der Waals surface area contributed by atoms with Crippen LogP contribution in [0.5, 0.6) is 0 Å². The molecule has 0 saturated carbocycles. The molecule has 2 nitrogen and oxygen atoms in total. The molecule has 156 valence electrons. The molecule has 0 radical (unpaired) electrons. The first kappa shape index (κ1) is 22.2. The molecular weight excluding hydrogens is 398 g/mol. The third-order valence-corrected chi connectivity index (χ3v) is 5.78. The second-order valence-corrected chi connectivity index (χ2v) is 9.22. The summed E-state index contributed by atoms with van der Waals surface area (Å²) in [5, 5.41) is 1.50. The van der Waals surface area contributed by atoms with Crippen LogP contribution in [0.25, 0.3) is 5.57 Å². The lowest BCUT2D eigenvalue weighted by molar-refractivity contribution is 0.578. The average Bonchev–Trinajstić information content (AvgIpc) is 3.18. The third-order valence-electron chi connectivity index (χ3n) is 4.86. The molecule has 0 saturated heterocycles. The van der Waals surface area contributed by atoms with Crippen LogP contribution < -0.4 is 0 Å². The molecule has 0 spiro atoms. The van der Waals surface area contributed by atoms with Crippen molar-refractivity contribution in [1.29, 1.82) is 0 Å². The van der Waals surface area contributed by atoms with Crippen molar-refractivity contribution in [3.63, 3.8) is 0 Å². The van der Waals surface area contributed by atoms with Gasteiger partial charge in [0.15, 0.2) is 0 Å². The van der Waals surface area contributed by atoms with E-state index in [9.17, 15) is 8.78 Å². The van der Waals surface area contributed by atoms with Crippen LogP contribution >= 0.6 is 11.8 Å². The third kappa shape index (κ3) is 5.33. The fourth-order valence-electron chi connectivity index (χ4n) is 3.47. The Hall–Kier alpha value is -2.53. The first-order valence-corrected chi connectivity index (χ1v) is 10.9. The molecule has 3 rings (SSSR count). The smallest absolute Gasteiger partial charge is 0.135 e. The Balaban J connectivity index is 1.79. The van der Waals surface area contributed by atoms with Gasteiger partial charge in [-0.2, -0.15) is 0 Å². The zero-order chi connectivity index (χ0) is 21.7. The highest BCUT2D eigenvalue weighted by atomic mass is 32.2. The molecule has 5 heteroatoms. The van der Waals surface area contributed by atoms with E-state index < -0.39 is 11.6 Å². The van der Waals surface area contributed by atoms with E-state index in [0.717, 1.165) is 28.2 Å². The van der Waals surface area contributed by atoms with Gasteiger partial charge in [-0.3, -0.25) is 9.98 Å². The van der Waals surface area contributed by atoms with Crippen LogP contribution in [0.3, 0.4) is 0 Å². The van der Waals surface area contributed by atoms with E-state index in [4.69, 9.17) is 0 Å². The zero-order valence-corrected chi connectivity index (χ0v) is 18.3. The van der Waals surface area contributed by atoms with Gasteiger partial charge < -0.3 is 0 Å². The van der Waals surface area contributed by atoms with Crippen molar-refractivity contribution in [1.82, 2.24) is 0 Å². The SMILES string of the molecule is C=C/C(=C\N=C(C)SC(C)C)c1ccc(C2CCC(c3c(F)cccc3F)=N2)cc1. The summed E-state index contributed by atoms with van der Waals surface area (Å²) in [5.74, 6) is -1.12. The molecule has 2 aromatic rings. The molecule has 2 aromatic carbocycles. The molecule has 1 aliphatic heterocycles. The normalized spacial score (nSPS) is 17.4. The van der Waals surface area contributed by atoms with Gasteiger partial charge in [0.2, 0.25) is 0 Å². The maximum atomic E-state index is 14.1. The number of aliphatic imine (C=N–C) groups is 2. The minimum atomic E-state index is -0.558. The van der Waals surface area contributed by atoms with Gasteiger partial charge in [0, 0.05) is 17.2 Å². The van der Waals surface area contributed by atoms with E-state index >= 15 is 0 Å². The van der Waals surface area contributed by atoms with Gasteiger partial charge in [-0.15, -0.1) is 11.8 Å². The molecule has 1 aliphatic rings. The molecule has 1 unspecified atom stereocenters. The highest BCUT2D eigenvalue weighted by Gasteiger charge is 2.24. The molecule has 0 N–H and O–H groups in total. The number of benzene rings is 2. The van der Waals surface area contributed by atoms with Gasteiger partial charge >= 0.3 is 0 Å². The van der Waals surface area contributed by atoms with E-state index in [1.165, 1.54) is 18.2 Å². The van der Waals surface area contributed by atoms with Crippen LogP contribution in [0.2, 0.25) is 0 Å². The topological polar surface area (TPSA) is 24.7 Å². The summed E-state index contributed by atoms with van der Waals surface area (Å²) in [6, 6.07) is 11.9. The van der Waals surface area contributed by atoms with Crippen molar-refractivity contribution >= 4 is 28.1 Å². The summed E-state index contributed by atoms with van der Waals surface area (Å²) >= 11 is 1.72. The summed E-state index contributed by atoms with van der Waals surface area (Å²) in [7, 11) is 0. The number of halogens is 2. The fourth-order valence-corrected chi connectivity index (χ4v) is 4.27. The summed E-state index contributed by atoms with van der Waals surface area (Å²) < 4.78 is 28.1. The van der Waals surface area contributed by atoms with Crippen LogP contribution in [0.4, 0.5) is 8.78 Å². The minimum Gasteiger partial charge on any atom is -0.281 e. The van der Waals surface area contributed by atoms with Crippen LogP contribution in [-0.2, 0) is 0 Å². The monoisotopic (exact) mass is 424 g/mol. The van der Waals surface area contributed by atoms with Crippen molar-refractivity contribution in [2.45, 2.75) is 44.9 Å². The number of hydrogen-bond donors (Lipinski definition) is 0. The Kier molecular flexibility index (Phi) is 7.38. The molecule has 0 aromatic heterocycles. The predicted molar refractivity (Wildman–Crippen MR) is 125 cm³/mol. The van der Waals surface area contributed by atoms with Crippen LogP contribution in [0.15, 0.2) is 71.3 Å². The van der Waals surface area contributed by atoms with E-state index in [1.807, 2.05) is 37.4 Å².